The molecule has 0 fully saturated rings. The van der Waals surface area contributed by atoms with Gasteiger partial charge in [0, 0.05) is 16.9 Å². The summed E-state index contributed by atoms with van der Waals surface area (Å²) in [5.74, 6) is -2.89. The predicted octanol–water partition coefficient (Wildman–Crippen LogP) is 2.34. The van der Waals surface area contributed by atoms with Crippen LogP contribution in [0.1, 0.15) is 31.1 Å². The largest absolute Gasteiger partial charge is 0.465 e. The predicted molar refractivity (Wildman–Crippen MR) is 68.6 cm³/mol. The SMILES string of the molecule is CCOC(=O)[C@@H](C(C)=O)[C@H](C)C(=O)c1ccsc1. The van der Waals surface area contributed by atoms with Gasteiger partial charge < -0.3 is 4.74 Å². The average molecular weight is 268 g/mol. The first kappa shape index (κ1) is 14.6. The lowest BCUT2D eigenvalue weighted by Crippen LogP contribution is -2.34. The summed E-state index contributed by atoms with van der Waals surface area (Å²) in [5, 5.41) is 3.49. The number of ketones is 2. The number of carbonyl (C=O) groups is 3. The van der Waals surface area contributed by atoms with Crippen molar-refractivity contribution in [2.45, 2.75) is 20.8 Å². The minimum Gasteiger partial charge on any atom is -0.465 e. The van der Waals surface area contributed by atoms with Gasteiger partial charge in [-0.3, -0.25) is 14.4 Å². The van der Waals surface area contributed by atoms with Crippen molar-refractivity contribution >= 4 is 28.9 Å². The normalized spacial score (nSPS) is 13.7. The van der Waals surface area contributed by atoms with Crippen LogP contribution in [0.3, 0.4) is 0 Å². The summed E-state index contributed by atoms with van der Waals surface area (Å²) in [5.41, 5.74) is 0.531. The van der Waals surface area contributed by atoms with Crippen LogP contribution in [0.2, 0.25) is 0 Å². The molecule has 0 aromatic carbocycles. The third-order valence-electron chi connectivity index (χ3n) is 2.70. The van der Waals surface area contributed by atoms with E-state index in [-0.39, 0.29) is 18.2 Å². The summed E-state index contributed by atoms with van der Waals surface area (Å²) in [7, 11) is 0. The smallest absolute Gasteiger partial charge is 0.317 e. The van der Waals surface area contributed by atoms with Gasteiger partial charge in [0.05, 0.1) is 6.61 Å². The molecule has 0 aliphatic carbocycles. The van der Waals surface area contributed by atoms with Crippen LogP contribution in [-0.4, -0.2) is 24.1 Å². The molecule has 0 unspecified atom stereocenters. The molecule has 98 valence electrons. The standard InChI is InChI=1S/C13H16O4S/c1-4-17-13(16)11(9(3)14)8(2)12(15)10-5-6-18-7-10/h5-8,11H,4H2,1-3H3/t8-,11+/m0/s1. The van der Waals surface area contributed by atoms with Crippen molar-refractivity contribution in [3.05, 3.63) is 22.4 Å². The fourth-order valence-corrected chi connectivity index (χ4v) is 2.42. The van der Waals surface area contributed by atoms with E-state index in [1.807, 2.05) is 0 Å². The first-order valence-corrected chi connectivity index (χ1v) is 6.66. The van der Waals surface area contributed by atoms with Gasteiger partial charge in [-0.25, -0.2) is 0 Å². The number of carbonyl (C=O) groups excluding carboxylic acids is 3. The van der Waals surface area contributed by atoms with Crippen molar-refractivity contribution in [2.75, 3.05) is 6.61 Å². The average Bonchev–Trinajstić information content (AvgIpc) is 2.81. The molecule has 0 saturated heterocycles. The van der Waals surface area contributed by atoms with E-state index in [9.17, 15) is 14.4 Å². The number of esters is 1. The Morgan fingerprint density at radius 3 is 2.50 bits per heavy atom. The second-order valence-corrected chi connectivity index (χ2v) is 4.79. The Kier molecular flexibility index (Phi) is 5.22. The van der Waals surface area contributed by atoms with Crippen molar-refractivity contribution in [3.63, 3.8) is 0 Å². The summed E-state index contributed by atoms with van der Waals surface area (Å²) in [6, 6.07) is 1.69. The molecule has 18 heavy (non-hydrogen) atoms. The first-order chi connectivity index (χ1) is 8.49. The van der Waals surface area contributed by atoms with E-state index in [1.54, 1.807) is 30.7 Å². The molecule has 2 atom stereocenters. The highest BCUT2D eigenvalue weighted by molar-refractivity contribution is 7.08. The van der Waals surface area contributed by atoms with Gasteiger partial charge in [-0.05, 0) is 25.3 Å². The molecular formula is C13H16O4S. The first-order valence-electron chi connectivity index (χ1n) is 5.72. The molecule has 0 bridgehead atoms. The quantitative estimate of drug-likeness (QED) is 0.451. The van der Waals surface area contributed by atoms with Gasteiger partial charge in [-0.2, -0.15) is 11.3 Å². The van der Waals surface area contributed by atoms with Crippen LogP contribution in [0.25, 0.3) is 0 Å². The second-order valence-electron chi connectivity index (χ2n) is 4.01. The molecule has 1 rings (SSSR count). The summed E-state index contributed by atoms with van der Waals surface area (Å²) < 4.78 is 4.84. The molecule has 0 aliphatic heterocycles. The number of hydrogen-bond donors (Lipinski definition) is 0. The van der Waals surface area contributed by atoms with Crippen LogP contribution >= 0.6 is 11.3 Å². The van der Waals surface area contributed by atoms with Crippen LogP contribution in [0.5, 0.6) is 0 Å². The van der Waals surface area contributed by atoms with E-state index in [2.05, 4.69) is 0 Å². The Balaban J connectivity index is 2.90. The number of thiophene rings is 1. The zero-order valence-corrected chi connectivity index (χ0v) is 11.5. The maximum atomic E-state index is 12.1. The van der Waals surface area contributed by atoms with E-state index < -0.39 is 17.8 Å². The van der Waals surface area contributed by atoms with Gasteiger partial charge in [0.2, 0.25) is 0 Å². The zero-order chi connectivity index (χ0) is 13.7. The van der Waals surface area contributed by atoms with Crippen molar-refractivity contribution in [1.82, 2.24) is 0 Å². The number of rotatable bonds is 6. The molecule has 1 aromatic heterocycles. The minimum atomic E-state index is -1.02. The van der Waals surface area contributed by atoms with Crippen LogP contribution in [0, 0.1) is 11.8 Å². The molecule has 0 amide bonds. The highest BCUT2D eigenvalue weighted by atomic mass is 32.1. The summed E-state index contributed by atoms with van der Waals surface area (Å²) in [6.07, 6.45) is 0. The highest BCUT2D eigenvalue weighted by Gasteiger charge is 2.35. The van der Waals surface area contributed by atoms with Crippen molar-refractivity contribution < 1.29 is 19.1 Å². The van der Waals surface area contributed by atoms with Crippen molar-refractivity contribution in [1.29, 1.82) is 0 Å². The van der Waals surface area contributed by atoms with Gasteiger partial charge >= 0.3 is 5.97 Å². The third-order valence-corrected chi connectivity index (χ3v) is 3.38. The number of hydrogen-bond acceptors (Lipinski definition) is 5. The topological polar surface area (TPSA) is 60.4 Å². The fraction of sp³-hybridized carbons (Fsp3) is 0.462. The van der Waals surface area contributed by atoms with E-state index in [0.717, 1.165) is 0 Å². The summed E-state index contributed by atoms with van der Waals surface area (Å²) >= 11 is 1.40. The van der Waals surface area contributed by atoms with Crippen LogP contribution in [0.15, 0.2) is 16.8 Å². The van der Waals surface area contributed by atoms with Gasteiger partial charge in [0.25, 0.3) is 0 Å². The highest BCUT2D eigenvalue weighted by Crippen LogP contribution is 2.21. The third kappa shape index (κ3) is 3.26. The summed E-state index contributed by atoms with van der Waals surface area (Å²) in [4.78, 5) is 35.3. The Hall–Kier alpha value is -1.49. The Morgan fingerprint density at radius 1 is 1.39 bits per heavy atom. The molecule has 0 N–H and O–H groups in total. The Bertz CT molecular complexity index is 436. The molecule has 1 aromatic rings. The van der Waals surface area contributed by atoms with Crippen LogP contribution < -0.4 is 0 Å². The molecule has 0 radical (unpaired) electrons. The number of Topliss-reactive ketones (excluding diaryl/α,β-unsaturated/α-hetero) is 2. The van der Waals surface area contributed by atoms with Crippen molar-refractivity contribution in [3.8, 4) is 0 Å². The fourth-order valence-electron chi connectivity index (χ4n) is 1.77. The molecule has 0 spiro atoms. The summed E-state index contributed by atoms with van der Waals surface area (Å²) in [6.45, 7) is 4.75. The lowest BCUT2D eigenvalue weighted by molar-refractivity contribution is -0.152. The van der Waals surface area contributed by atoms with E-state index in [1.165, 1.54) is 18.3 Å². The van der Waals surface area contributed by atoms with E-state index in [4.69, 9.17) is 4.74 Å². The molecule has 5 heteroatoms. The minimum absolute atomic E-state index is 0.196. The van der Waals surface area contributed by atoms with Gasteiger partial charge in [0.15, 0.2) is 5.78 Å². The monoisotopic (exact) mass is 268 g/mol. The molecular weight excluding hydrogens is 252 g/mol. The molecule has 4 nitrogen and oxygen atoms in total. The van der Waals surface area contributed by atoms with E-state index in [0.29, 0.717) is 5.56 Å². The maximum Gasteiger partial charge on any atom is 0.317 e. The van der Waals surface area contributed by atoms with Crippen molar-refractivity contribution in [2.24, 2.45) is 11.8 Å². The van der Waals surface area contributed by atoms with Gasteiger partial charge in [-0.15, -0.1) is 0 Å². The number of ether oxygens (including phenoxy) is 1. The van der Waals surface area contributed by atoms with Crippen LogP contribution in [-0.2, 0) is 14.3 Å². The zero-order valence-electron chi connectivity index (χ0n) is 10.6. The Morgan fingerprint density at radius 2 is 2.06 bits per heavy atom. The van der Waals surface area contributed by atoms with E-state index >= 15 is 0 Å². The maximum absolute atomic E-state index is 12.1. The second kappa shape index (κ2) is 6.44. The molecule has 1 heterocycles. The van der Waals surface area contributed by atoms with Gasteiger partial charge in [-0.1, -0.05) is 6.92 Å². The lowest BCUT2D eigenvalue weighted by atomic mass is 9.85. The lowest BCUT2D eigenvalue weighted by Gasteiger charge is -2.18. The molecule has 0 aliphatic rings. The Labute approximate surface area is 110 Å². The van der Waals surface area contributed by atoms with Crippen LogP contribution in [0.4, 0.5) is 0 Å². The molecule has 0 saturated carbocycles. The van der Waals surface area contributed by atoms with Gasteiger partial charge in [0.1, 0.15) is 11.7 Å².